The number of fused-ring (bicyclic) bond motifs is 1. The first-order chi connectivity index (χ1) is 9.81. The second-order valence-corrected chi connectivity index (χ2v) is 7.36. The van der Waals surface area contributed by atoms with Gasteiger partial charge in [-0.1, -0.05) is 17.4 Å². The van der Waals surface area contributed by atoms with Crippen molar-refractivity contribution in [3.63, 3.8) is 0 Å². The molecule has 0 radical (unpaired) electrons. The first-order valence-corrected chi connectivity index (χ1v) is 8.13. The summed E-state index contributed by atoms with van der Waals surface area (Å²) in [5, 5.41) is 13.9. The van der Waals surface area contributed by atoms with Gasteiger partial charge < -0.3 is 0 Å². The average Bonchev–Trinajstić information content (AvgIpc) is 3.13. The smallest absolute Gasteiger partial charge is 0.235 e. The Kier molecular flexibility index (Phi) is 2.86. The molecule has 20 heavy (non-hydrogen) atoms. The van der Waals surface area contributed by atoms with Crippen molar-refractivity contribution in [1.29, 1.82) is 0 Å². The van der Waals surface area contributed by atoms with Crippen LogP contribution in [-0.2, 0) is 0 Å². The molecule has 0 amide bonds. The number of thiophene rings is 1. The van der Waals surface area contributed by atoms with Gasteiger partial charge in [-0.2, -0.15) is 9.61 Å². The van der Waals surface area contributed by atoms with Gasteiger partial charge in [-0.15, -0.1) is 21.5 Å². The van der Waals surface area contributed by atoms with Gasteiger partial charge >= 0.3 is 0 Å². The molecule has 0 saturated heterocycles. The van der Waals surface area contributed by atoms with Crippen molar-refractivity contribution in [3.05, 3.63) is 40.3 Å². The number of halogens is 1. The fraction of sp³-hybridized carbons (Fsp3) is 0. The second-order valence-electron chi connectivity index (χ2n) is 3.94. The molecule has 0 bridgehead atoms. The maximum Gasteiger partial charge on any atom is 0.235 e. The second kappa shape index (κ2) is 4.72. The fourth-order valence-electron chi connectivity index (χ4n) is 1.80. The van der Waals surface area contributed by atoms with Gasteiger partial charge in [0, 0.05) is 6.20 Å². The van der Waals surface area contributed by atoms with E-state index >= 15 is 0 Å². The number of hydrogen-bond donors (Lipinski definition) is 0. The number of nitrogens with zero attached hydrogens (tertiary/aromatic N) is 5. The van der Waals surface area contributed by atoms with Crippen LogP contribution in [0.4, 0.5) is 0 Å². The van der Waals surface area contributed by atoms with Crippen molar-refractivity contribution in [2.45, 2.75) is 0 Å². The van der Waals surface area contributed by atoms with Crippen LogP contribution in [0.25, 0.3) is 26.4 Å². The van der Waals surface area contributed by atoms with E-state index in [0.717, 1.165) is 24.3 Å². The van der Waals surface area contributed by atoms with Crippen LogP contribution < -0.4 is 0 Å². The Morgan fingerprint density at radius 2 is 2.00 bits per heavy atom. The molecule has 0 unspecified atom stereocenters. The van der Waals surface area contributed by atoms with Gasteiger partial charge in [-0.25, -0.2) is 0 Å². The monoisotopic (exact) mass is 363 g/mol. The third-order valence-electron chi connectivity index (χ3n) is 2.67. The summed E-state index contributed by atoms with van der Waals surface area (Å²) in [6, 6.07) is 9.75. The van der Waals surface area contributed by atoms with Crippen LogP contribution in [0, 0.1) is 0 Å². The Morgan fingerprint density at radius 1 is 1.05 bits per heavy atom. The molecule has 0 fully saturated rings. The van der Waals surface area contributed by atoms with Gasteiger partial charge in [0.2, 0.25) is 10.8 Å². The van der Waals surface area contributed by atoms with Gasteiger partial charge in [0.15, 0.2) is 5.01 Å². The highest BCUT2D eigenvalue weighted by Crippen LogP contribution is 2.34. The Labute approximate surface area is 130 Å². The number of rotatable bonds is 2. The molecule has 5 nitrogen and oxygen atoms in total. The number of hydrogen-bond acceptors (Lipinski definition) is 6. The van der Waals surface area contributed by atoms with E-state index in [1.54, 1.807) is 22.0 Å². The summed E-state index contributed by atoms with van der Waals surface area (Å²) in [5.41, 5.74) is 0.768. The molecule has 0 saturated carbocycles. The van der Waals surface area contributed by atoms with Crippen molar-refractivity contribution in [1.82, 2.24) is 24.8 Å². The molecule has 0 N–H and O–H groups in total. The summed E-state index contributed by atoms with van der Waals surface area (Å²) in [7, 11) is 0. The van der Waals surface area contributed by atoms with Crippen LogP contribution >= 0.6 is 38.6 Å². The Bertz CT molecular complexity index is 880. The summed E-state index contributed by atoms with van der Waals surface area (Å²) in [5.74, 6) is 0.665. The summed E-state index contributed by atoms with van der Waals surface area (Å²) in [6.45, 7) is 0. The quantitative estimate of drug-likeness (QED) is 0.544. The zero-order valence-electron chi connectivity index (χ0n) is 9.89. The van der Waals surface area contributed by atoms with E-state index in [1.807, 2.05) is 30.3 Å². The molecule has 0 aliphatic carbocycles. The van der Waals surface area contributed by atoms with Gasteiger partial charge in [-0.3, -0.25) is 4.98 Å². The molecule has 8 heteroatoms. The molecular formula is C12H6BrN5S2. The molecule has 0 spiro atoms. The predicted molar refractivity (Wildman–Crippen MR) is 82.9 cm³/mol. The third-order valence-corrected chi connectivity index (χ3v) is 5.36. The molecule has 4 aromatic heterocycles. The lowest BCUT2D eigenvalue weighted by Gasteiger charge is -1.94. The minimum absolute atomic E-state index is 0.665. The molecule has 0 aromatic carbocycles. The fourth-order valence-corrected chi connectivity index (χ4v) is 4.08. The summed E-state index contributed by atoms with van der Waals surface area (Å²) in [4.78, 5) is 6.17. The molecule has 4 aromatic rings. The van der Waals surface area contributed by atoms with Crippen molar-refractivity contribution in [2.24, 2.45) is 0 Å². The molecule has 0 aliphatic rings. The van der Waals surface area contributed by atoms with E-state index in [2.05, 4.69) is 36.2 Å². The maximum absolute atomic E-state index is 4.59. The van der Waals surface area contributed by atoms with Crippen molar-refractivity contribution >= 4 is 43.6 Å². The Morgan fingerprint density at radius 3 is 2.75 bits per heavy atom. The van der Waals surface area contributed by atoms with Gasteiger partial charge in [0.1, 0.15) is 5.69 Å². The van der Waals surface area contributed by atoms with Gasteiger partial charge in [0.25, 0.3) is 0 Å². The molecular weight excluding hydrogens is 358 g/mol. The molecule has 4 rings (SSSR count). The van der Waals surface area contributed by atoms with Crippen molar-refractivity contribution in [3.8, 4) is 21.4 Å². The first-order valence-electron chi connectivity index (χ1n) is 5.70. The minimum Gasteiger partial charge on any atom is -0.253 e. The molecule has 0 aliphatic heterocycles. The first kappa shape index (κ1) is 12.1. The summed E-state index contributed by atoms with van der Waals surface area (Å²) >= 11 is 6.63. The minimum atomic E-state index is 0.665. The van der Waals surface area contributed by atoms with E-state index in [0.29, 0.717) is 5.82 Å². The highest BCUT2D eigenvalue weighted by Gasteiger charge is 2.15. The predicted octanol–water partition coefficient (Wildman–Crippen LogP) is 3.74. The van der Waals surface area contributed by atoms with E-state index in [4.69, 9.17) is 0 Å². The van der Waals surface area contributed by atoms with E-state index in [1.165, 1.54) is 11.3 Å². The number of aromatic nitrogens is 5. The zero-order chi connectivity index (χ0) is 13.5. The van der Waals surface area contributed by atoms with Crippen LogP contribution in [0.15, 0.2) is 40.3 Å². The lowest BCUT2D eigenvalue weighted by Crippen LogP contribution is -1.92. The standard InChI is InChI=1S/C12H6BrN5S2/c13-9-5-4-8(19-9)11-17-18-10(15-16-12(18)20-11)7-3-1-2-6-14-7/h1-6H. The van der Waals surface area contributed by atoms with Crippen molar-refractivity contribution in [2.75, 3.05) is 0 Å². The maximum atomic E-state index is 4.59. The van der Waals surface area contributed by atoms with Crippen LogP contribution in [0.2, 0.25) is 0 Å². The lowest BCUT2D eigenvalue weighted by atomic mass is 10.3. The van der Waals surface area contributed by atoms with E-state index in [9.17, 15) is 0 Å². The Hall–Kier alpha value is -1.64. The lowest BCUT2D eigenvalue weighted by molar-refractivity contribution is 0.963. The Balaban J connectivity index is 1.87. The molecule has 4 heterocycles. The topological polar surface area (TPSA) is 56.0 Å². The van der Waals surface area contributed by atoms with Crippen LogP contribution in [-0.4, -0.2) is 24.8 Å². The normalized spacial score (nSPS) is 11.2. The molecule has 98 valence electrons. The summed E-state index contributed by atoms with van der Waals surface area (Å²) < 4.78 is 2.83. The van der Waals surface area contributed by atoms with Crippen LogP contribution in [0.5, 0.6) is 0 Å². The van der Waals surface area contributed by atoms with Gasteiger partial charge in [-0.05, 0) is 40.2 Å². The number of pyridine rings is 1. The summed E-state index contributed by atoms with van der Waals surface area (Å²) in [6.07, 6.45) is 1.74. The van der Waals surface area contributed by atoms with Gasteiger partial charge in [0.05, 0.1) is 8.66 Å². The zero-order valence-corrected chi connectivity index (χ0v) is 13.1. The molecule has 0 atom stereocenters. The SMILES string of the molecule is Brc1ccc(-c2nn3c(-c4ccccn4)nnc3s2)s1. The van der Waals surface area contributed by atoms with Crippen LogP contribution in [0.3, 0.4) is 0 Å². The third kappa shape index (κ3) is 1.96. The largest absolute Gasteiger partial charge is 0.253 e. The highest BCUT2D eigenvalue weighted by molar-refractivity contribution is 9.11. The highest BCUT2D eigenvalue weighted by atomic mass is 79.9. The van der Waals surface area contributed by atoms with Crippen molar-refractivity contribution < 1.29 is 0 Å². The van der Waals surface area contributed by atoms with E-state index in [-0.39, 0.29) is 0 Å². The van der Waals surface area contributed by atoms with Crippen LogP contribution in [0.1, 0.15) is 0 Å². The average molecular weight is 364 g/mol. The van der Waals surface area contributed by atoms with E-state index < -0.39 is 0 Å².